The summed E-state index contributed by atoms with van der Waals surface area (Å²) in [7, 11) is 1.80. The van der Waals surface area contributed by atoms with Crippen LogP contribution in [0.25, 0.3) is 0 Å². The van der Waals surface area contributed by atoms with Gasteiger partial charge in [-0.05, 0) is 30.9 Å². The van der Waals surface area contributed by atoms with Crippen molar-refractivity contribution in [2.75, 3.05) is 18.5 Å². The maximum absolute atomic E-state index is 12.7. The molecule has 1 atom stereocenters. The van der Waals surface area contributed by atoms with Gasteiger partial charge in [0.1, 0.15) is 5.82 Å². The number of aryl methyl sites for hydroxylation is 3. The first-order valence-electron chi connectivity index (χ1n) is 7.87. The van der Waals surface area contributed by atoms with Crippen molar-refractivity contribution in [2.45, 2.75) is 25.8 Å². The Labute approximate surface area is 135 Å². The summed E-state index contributed by atoms with van der Waals surface area (Å²) in [6, 6.07) is 9.83. The minimum Gasteiger partial charge on any atom is -0.395 e. The normalized spacial score (nSPS) is 16.2. The molecule has 0 radical (unpaired) electrons. The first-order chi connectivity index (χ1) is 11.1. The van der Waals surface area contributed by atoms with Gasteiger partial charge in [0.25, 0.3) is 0 Å². The van der Waals surface area contributed by atoms with Crippen LogP contribution in [0.3, 0.4) is 0 Å². The number of benzene rings is 1. The number of urea groups is 1. The number of aliphatic hydroxyl groups is 1. The van der Waals surface area contributed by atoms with Crippen molar-refractivity contribution in [2.24, 2.45) is 7.05 Å². The number of aliphatic hydroxyl groups excluding tert-OH is 1. The average molecular weight is 314 g/mol. The van der Waals surface area contributed by atoms with Crippen LogP contribution in [0.4, 0.5) is 10.6 Å². The van der Waals surface area contributed by atoms with E-state index in [0.29, 0.717) is 12.4 Å². The third-order valence-corrected chi connectivity index (χ3v) is 4.32. The molecule has 0 saturated carbocycles. The molecule has 0 fully saturated rings. The molecule has 6 heteroatoms. The molecule has 1 aromatic heterocycles. The molecule has 0 unspecified atom stereocenters. The van der Waals surface area contributed by atoms with Crippen LogP contribution in [-0.4, -0.2) is 39.0 Å². The highest BCUT2D eigenvalue weighted by molar-refractivity contribution is 5.89. The second-order valence-corrected chi connectivity index (χ2v) is 5.90. The summed E-state index contributed by atoms with van der Waals surface area (Å²) < 4.78 is 1.65. The van der Waals surface area contributed by atoms with Crippen molar-refractivity contribution in [3.63, 3.8) is 0 Å². The lowest BCUT2D eigenvalue weighted by atomic mass is 10.1. The van der Waals surface area contributed by atoms with E-state index in [1.54, 1.807) is 16.6 Å². The van der Waals surface area contributed by atoms with Crippen molar-refractivity contribution < 1.29 is 9.90 Å². The van der Waals surface area contributed by atoms with Gasteiger partial charge in [-0.25, -0.2) is 4.79 Å². The summed E-state index contributed by atoms with van der Waals surface area (Å²) in [5.74, 6) is 0.654. The van der Waals surface area contributed by atoms with Crippen LogP contribution >= 0.6 is 0 Å². The monoisotopic (exact) mass is 314 g/mol. The highest BCUT2D eigenvalue weighted by Gasteiger charge is 2.30. The summed E-state index contributed by atoms with van der Waals surface area (Å²) in [5.41, 5.74) is 3.31. The fourth-order valence-electron chi connectivity index (χ4n) is 3.27. The topological polar surface area (TPSA) is 70.4 Å². The van der Waals surface area contributed by atoms with E-state index in [0.717, 1.165) is 18.5 Å². The van der Waals surface area contributed by atoms with Gasteiger partial charge in [0.2, 0.25) is 0 Å². The van der Waals surface area contributed by atoms with E-state index in [1.807, 2.05) is 25.1 Å². The lowest BCUT2D eigenvalue weighted by molar-refractivity contribution is 0.162. The van der Waals surface area contributed by atoms with Gasteiger partial charge in [0, 0.05) is 19.7 Å². The number of amides is 2. The number of fused-ring (bicyclic) bond motifs is 1. The molecule has 0 saturated heterocycles. The highest BCUT2D eigenvalue weighted by atomic mass is 16.3. The van der Waals surface area contributed by atoms with E-state index in [2.05, 4.69) is 22.5 Å². The van der Waals surface area contributed by atoms with Gasteiger partial charge in [0.05, 0.1) is 18.3 Å². The number of aromatic nitrogens is 2. The molecule has 0 spiro atoms. The third-order valence-electron chi connectivity index (χ3n) is 4.32. The molecule has 122 valence electrons. The van der Waals surface area contributed by atoms with E-state index < -0.39 is 0 Å². The van der Waals surface area contributed by atoms with E-state index in [4.69, 9.17) is 0 Å². The first kappa shape index (κ1) is 15.6. The maximum Gasteiger partial charge on any atom is 0.323 e. The quantitative estimate of drug-likeness (QED) is 0.909. The molecule has 1 aromatic carbocycles. The molecule has 1 aliphatic rings. The number of carbonyl (C=O) groups is 1. The molecule has 2 amide bonds. The molecule has 1 aliphatic carbocycles. The molecule has 0 aliphatic heterocycles. The number of hydrogen-bond donors (Lipinski definition) is 2. The van der Waals surface area contributed by atoms with E-state index in [-0.39, 0.29) is 18.7 Å². The van der Waals surface area contributed by atoms with Crippen LogP contribution in [0.2, 0.25) is 0 Å². The summed E-state index contributed by atoms with van der Waals surface area (Å²) in [6.07, 6.45) is 1.85. The average Bonchev–Trinajstić information content (AvgIpc) is 3.08. The minimum absolute atomic E-state index is 0.00711. The van der Waals surface area contributed by atoms with Crippen LogP contribution in [0, 0.1) is 6.92 Å². The van der Waals surface area contributed by atoms with Gasteiger partial charge in [-0.2, -0.15) is 5.10 Å². The Hall–Kier alpha value is -2.34. The predicted molar refractivity (Wildman–Crippen MR) is 88.3 cm³/mol. The molecular formula is C17H22N4O2. The highest BCUT2D eigenvalue weighted by Crippen LogP contribution is 2.35. The SMILES string of the molecule is Cc1cc(NC(=O)N(CCO)[C@H]2CCc3ccccc32)n(C)n1. The van der Waals surface area contributed by atoms with Gasteiger partial charge < -0.3 is 10.0 Å². The number of carbonyl (C=O) groups excluding carboxylic acids is 1. The molecule has 23 heavy (non-hydrogen) atoms. The maximum atomic E-state index is 12.7. The summed E-state index contributed by atoms with van der Waals surface area (Å²) in [5, 5.41) is 16.5. The van der Waals surface area contributed by atoms with Gasteiger partial charge in [-0.15, -0.1) is 0 Å². The van der Waals surface area contributed by atoms with E-state index in [9.17, 15) is 9.90 Å². The van der Waals surface area contributed by atoms with Gasteiger partial charge in [-0.1, -0.05) is 24.3 Å². The van der Waals surface area contributed by atoms with Crippen molar-refractivity contribution in [3.05, 3.63) is 47.2 Å². The lowest BCUT2D eigenvalue weighted by Crippen LogP contribution is -2.39. The standard InChI is InChI=1S/C17H22N4O2/c1-12-11-16(20(2)19-12)18-17(23)21(9-10-22)15-8-7-13-5-3-4-6-14(13)15/h3-6,11,15,22H,7-10H2,1-2H3,(H,18,23)/t15-/m0/s1. The van der Waals surface area contributed by atoms with Crippen LogP contribution in [0.5, 0.6) is 0 Å². The lowest BCUT2D eigenvalue weighted by Gasteiger charge is -2.29. The number of anilines is 1. The smallest absolute Gasteiger partial charge is 0.323 e. The molecule has 2 N–H and O–H groups in total. The fourth-order valence-corrected chi connectivity index (χ4v) is 3.27. The molecule has 1 heterocycles. The number of nitrogens with zero attached hydrogens (tertiary/aromatic N) is 3. The molecule has 6 nitrogen and oxygen atoms in total. The largest absolute Gasteiger partial charge is 0.395 e. The van der Waals surface area contributed by atoms with E-state index >= 15 is 0 Å². The van der Waals surface area contributed by atoms with Crippen LogP contribution < -0.4 is 5.32 Å². The zero-order valence-corrected chi connectivity index (χ0v) is 13.5. The third kappa shape index (κ3) is 3.07. The minimum atomic E-state index is -0.205. The number of nitrogens with one attached hydrogen (secondary N) is 1. The van der Waals surface area contributed by atoms with Crippen molar-refractivity contribution in [1.29, 1.82) is 0 Å². The molecular weight excluding hydrogens is 292 g/mol. The number of hydrogen-bond acceptors (Lipinski definition) is 3. The predicted octanol–water partition coefficient (Wildman–Crippen LogP) is 2.24. The molecule has 2 aromatic rings. The summed E-state index contributed by atoms with van der Waals surface area (Å²) >= 11 is 0. The van der Waals surface area contributed by atoms with Crippen LogP contribution in [0.1, 0.15) is 29.3 Å². The van der Waals surface area contributed by atoms with Crippen molar-refractivity contribution in [1.82, 2.24) is 14.7 Å². The second-order valence-electron chi connectivity index (χ2n) is 5.90. The Bertz CT molecular complexity index is 710. The summed E-state index contributed by atoms with van der Waals surface area (Å²) in [4.78, 5) is 14.4. The Balaban J connectivity index is 1.82. The van der Waals surface area contributed by atoms with Crippen molar-refractivity contribution in [3.8, 4) is 0 Å². The Morgan fingerprint density at radius 1 is 1.48 bits per heavy atom. The van der Waals surface area contributed by atoms with Gasteiger partial charge in [0.15, 0.2) is 0 Å². The van der Waals surface area contributed by atoms with E-state index in [1.165, 1.54) is 11.1 Å². The zero-order valence-electron chi connectivity index (χ0n) is 13.5. The summed E-state index contributed by atoms with van der Waals surface area (Å²) in [6.45, 7) is 2.13. The van der Waals surface area contributed by atoms with Crippen molar-refractivity contribution >= 4 is 11.8 Å². The van der Waals surface area contributed by atoms with Crippen LogP contribution in [0.15, 0.2) is 30.3 Å². The molecule has 3 rings (SSSR count). The van der Waals surface area contributed by atoms with Gasteiger partial charge >= 0.3 is 6.03 Å². The Morgan fingerprint density at radius 2 is 2.26 bits per heavy atom. The fraction of sp³-hybridized carbons (Fsp3) is 0.412. The second kappa shape index (κ2) is 6.42. The molecule has 0 bridgehead atoms. The zero-order chi connectivity index (χ0) is 16.4. The Morgan fingerprint density at radius 3 is 2.96 bits per heavy atom. The van der Waals surface area contributed by atoms with Gasteiger partial charge in [-0.3, -0.25) is 10.00 Å². The Kier molecular flexibility index (Phi) is 4.34. The van der Waals surface area contributed by atoms with Crippen LogP contribution in [-0.2, 0) is 13.5 Å². The first-order valence-corrected chi connectivity index (χ1v) is 7.87. The number of rotatable bonds is 4.